The molecule has 0 saturated carbocycles. The normalized spacial score (nSPS) is 12.4. The summed E-state index contributed by atoms with van der Waals surface area (Å²) >= 11 is 5.85. The Morgan fingerprint density at radius 2 is 1.35 bits per heavy atom. The molecule has 3 heteroatoms. The topological polar surface area (TPSA) is 52.0 Å². The lowest BCUT2D eigenvalue weighted by molar-refractivity contribution is 0.737. The second kappa shape index (κ2) is 5.32. The monoisotopic (exact) mass is 246 g/mol. The van der Waals surface area contributed by atoms with Crippen LogP contribution in [-0.2, 0) is 0 Å². The molecule has 88 valence electrons. The van der Waals surface area contributed by atoms with Crippen LogP contribution in [-0.4, -0.2) is 6.54 Å². The molecule has 0 fully saturated rings. The third kappa shape index (κ3) is 2.86. The molecule has 0 aliphatic rings. The third-order valence-electron chi connectivity index (χ3n) is 2.77. The van der Waals surface area contributed by atoms with Crippen LogP contribution >= 0.6 is 11.6 Å². The Morgan fingerprint density at radius 3 is 1.82 bits per heavy atom. The van der Waals surface area contributed by atoms with E-state index in [1.165, 1.54) is 0 Å². The highest BCUT2D eigenvalue weighted by Gasteiger charge is 2.03. The van der Waals surface area contributed by atoms with Crippen molar-refractivity contribution in [2.75, 3.05) is 6.54 Å². The summed E-state index contributed by atoms with van der Waals surface area (Å²) in [5.74, 6) is 0. The van der Waals surface area contributed by atoms with Gasteiger partial charge in [0.1, 0.15) is 0 Å². The van der Waals surface area contributed by atoms with E-state index in [1.54, 1.807) is 0 Å². The van der Waals surface area contributed by atoms with Gasteiger partial charge in [0.2, 0.25) is 0 Å². The van der Waals surface area contributed by atoms with Crippen LogP contribution in [0.25, 0.3) is 11.1 Å². The standard InChI is InChI=1S/C14H15ClN2/c15-13-7-5-11(6-8-13)10-1-3-12(4-2-10)14(17)9-16/h1-8,14H,9,16-17H2. The van der Waals surface area contributed by atoms with Crippen molar-refractivity contribution in [3.63, 3.8) is 0 Å². The molecule has 0 heterocycles. The second-order valence-corrected chi connectivity index (χ2v) is 4.41. The van der Waals surface area contributed by atoms with E-state index in [1.807, 2.05) is 48.5 Å². The Labute approximate surface area is 106 Å². The first kappa shape index (κ1) is 12.1. The van der Waals surface area contributed by atoms with Crippen molar-refractivity contribution in [3.8, 4) is 11.1 Å². The minimum absolute atomic E-state index is 0.0886. The second-order valence-electron chi connectivity index (χ2n) is 3.97. The van der Waals surface area contributed by atoms with E-state index >= 15 is 0 Å². The molecule has 2 aromatic carbocycles. The predicted molar refractivity (Wildman–Crippen MR) is 72.9 cm³/mol. The zero-order chi connectivity index (χ0) is 12.3. The lowest BCUT2D eigenvalue weighted by atomic mass is 10.0. The fraction of sp³-hybridized carbons (Fsp3) is 0.143. The number of benzene rings is 2. The zero-order valence-corrected chi connectivity index (χ0v) is 10.2. The highest BCUT2D eigenvalue weighted by atomic mass is 35.5. The van der Waals surface area contributed by atoms with E-state index in [-0.39, 0.29) is 6.04 Å². The summed E-state index contributed by atoms with van der Waals surface area (Å²) in [4.78, 5) is 0. The molecule has 1 unspecified atom stereocenters. The maximum absolute atomic E-state index is 5.86. The van der Waals surface area contributed by atoms with Gasteiger partial charge in [-0.1, -0.05) is 48.0 Å². The summed E-state index contributed by atoms with van der Waals surface area (Å²) in [5.41, 5.74) is 14.7. The van der Waals surface area contributed by atoms with Gasteiger partial charge in [0.15, 0.2) is 0 Å². The van der Waals surface area contributed by atoms with Crippen molar-refractivity contribution in [1.82, 2.24) is 0 Å². The van der Waals surface area contributed by atoms with Crippen LogP contribution in [0.2, 0.25) is 5.02 Å². The smallest absolute Gasteiger partial charge is 0.0419 e. The van der Waals surface area contributed by atoms with E-state index in [0.29, 0.717) is 6.54 Å². The number of rotatable bonds is 3. The molecule has 2 rings (SSSR count). The molecule has 2 aromatic rings. The fourth-order valence-electron chi connectivity index (χ4n) is 1.70. The average molecular weight is 247 g/mol. The summed E-state index contributed by atoms with van der Waals surface area (Å²) in [7, 11) is 0. The molecule has 0 aliphatic carbocycles. The molecule has 2 nitrogen and oxygen atoms in total. The Kier molecular flexibility index (Phi) is 3.79. The van der Waals surface area contributed by atoms with Gasteiger partial charge in [0.25, 0.3) is 0 Å². The van der Waals surface area contributed by atoms with Gasteiger partial charge in [-0.25, -0.2) is 0 Å². The number of nitrogens with two attached hydrogens (primary N) is 2. The lowest BCUT2D eigenvalue weighted by Gasteiger charge is -2.10. The molecule has 0 spiro atoms. The van der Waals surface area contributed by atoms with E-state index in [4.69, 9.17) is 23.1 Å². The largest absolute Gasteiger partial charge is 0.329 e. The Bertz CT molecular complexity index is 477. The van der Waals surface area contributed by atoms with Crippen molar-refractivity contribution in [2.24, 2.45) is 11.5 Å². The molecule has 0 saturated heterocycles. The van der Waals surface area contributed by atoms with Gasteiger partial charge in [0.05, 0.1) is 0 Å². The quantitative estimate of drug-likeness (QED) is 0.875. The SMILES string of the molecule is NCC(N)c1ccc(-c2ccc(Cl)cc2)cc1. The van der Waals surface area contributed by atoms with Crippen LogP contribution in [0.15, 0.2) is 48.5 Å². The first-order valence-electron chi connectivity index (χ1n) is 5.52. The lowest BCUT2D eigenvalue weighted by Crippen LogP contribution is -2.20. The highest BCUT2D eigenvalue weighted by Crippen LogP contribution is 2.22. The summed E-state index contributed by atoms with van der Waals surface area (Å²) < 4.78 is 0. The van der Waals surface area contributed by atoms with Gasteiger partial charge < -0.3 is 11.5 Å². The average Bonchev–Trinajstić information content (AvgIpc) is 2.39. The first-order valence-corrected chi connectivity index (χ1v) is 5.90. The number of halogens is 1. The summed E-state index contributed by atoms with van der Waals surface area (Å²) in [6, 6.07) is 15.8. The Hall–Kier alpha value is -1.35. The van der Waals surface area contributed by atoms with Crippen LogP contribution in [0.5, 0.6) is 0 Å². The van der Waals surface area contributed by atoms with Crippen molar-refractivity contribution in [2.45, 2.75) is 6.04 Å². The first-order chi connectivity index (χ1) is 8.20. The maximum Gasteiger partial charge on any atom is 0.0419 e. The Balaban J connectivity index is 2.26. The Morgan fingerprint density at radius 1 is 0.882 bits per heavy atom. The molecule has 0 amide bonds. The van der Waals surface area contributed by atoms with E-state index in [0.717, 1.165) is 21.7 Å². The van der Waals surface area contributed by atoms with Crippen LogP contribution in [0.1, 0.15) is 11.6 Å². The molecule has 4 N–H and O–H groups in total. The molecular formula is C14H15ClN2. The van der Waals surface area contributed by atoms with Crippen molar-refractivity contribution < 1.29 is 0 Å². The summed E-state index contributed by atoms with van der Waals surface area (Å²) in [5, 5.41) is 0.746. The zero-order valence-electron chi connectivity index (χ0n) is 9.44. The van der Waals surface area contributed by atoms with Crippen LogP contribution in [0.3, 0.4) is 0 Å². The van der Waals surface area contributed by atoms with Crippen molar-refractivity contribution in [3.05, 3.63) is 59.1 Å². The molecule has 0 aromatic heterocycles. The number of hydrogen-bond donors (Lipinski definition) is 2. The minimum Gasteiger partial charge on any atom is -0.329 e. The molecule has 0 aliphatic heterocycles. The number of hydrogen-bond acceptors (Lipinski definition) is 2. The maximum atomic E-state index is 5.86. The van der Waals surface area contributed by atoms with E-state index < -0.39 is 0 Å². The third-order valence-corrected chi connectivity index (χ3v) is 3.02. The van der Waals surface area contributed by atoms with E-state index in [9.17, 15) is 0 Å². The van der Waals surface area contributed by atoms with Crippen LogP contribution in [0, 0.1) is 0 Å². The van der Waals surface area contributed by atoms with Gasteiger partial charge in [-0.3, -0.25) is 0 Å². The molecule has 1 atom stereocenters. The van der Waals surface area contributed by atoms with Crippen LogP contribution in [0.4, 0.5) is 0 Å². The van der Waals surface area contributed by atoms with Gasteiger partial charge in [-0.15, -0.1) is 0 Å². The van der Waals surface area contributed by atoms with Gasteiger partial charge in [-0.2, -0.15) is 0 Å². The molecule has 17 heavy (non-hydrogen) atoms. The summed E-state index contributed by atoms with van der Waals surface area (Å²) in [6.45, 7) is 0.459. The van der Waals surface area contributed by atoms with E-state index in [2.05, 4.69) is 0 Å². The highest BCUT2D eigenvalue weighted by molar-refractivity contribution is 6.30. The molecule has 0 radical (unpaired) electrons. The molecule has 0 bridgehead atoms. The summed E-state index contributed by atoms with van der Waals surface area (Å²) in [6.07, 6.45) is 0. The minimum atomic E-state index is -0.0886. The van der Waals surface area contributed by atoms with Gasteiger partial charge in [0, 0.05) is 17.6 Å². The van der Waals surface area contributed by atoms with Crippen molar-refractivity contribution in [1.29, 1.82) is 0 Å². The fourth-order valence-corrected chi connectivity index (χ4v) is 1.83. The van der Waals surface area contributed by atoms with Crippen molar-refractivity contribution >= 4 is 11.6 Å². The predicted octanol–water partition coefficient (Wildman–Crippen LogP) is 2.97. The van der Waals surface area contributed by atoms with Crippen LogP contribution < -0.4 is 11.5 Å². The van der Waals surface area contributed by atoms with Gasteiger partial charge in [-0.05, 0) is 28.8 Å². The van der Waals surface area contributed by atoms with Gasteiger partial charge >= 0.3 is 0 Å². The molecular weight excluding hydrogens is 232 g/mol.